The molecule has 0 unspecified atom stereocenters. The molecule has 2 heterocycles. The minimum Gasteiger partial charge on any atom is -0.338 e. The molecule has 0 spiro atoms. The van der Waals surface area contributed by atoms with Crippen molar-refractivity contribution in [3.8, 4) is 11.4 Å². The van der Waals surface area contributed by atoms with Crippen molar-refractivity contribution < 1.29 is 0 Å². The summed E-state index contributed by atoms with van der Waals surface area (Å²) in [7, 11) is 0. The molecule has 2 aromatic heterocycles. The summed E-state index contributed by atoms with van der Waals surface area (Å²) in [5, 5.41) is 0. The Balaban J connectivity index is 0.000000574. The molecule has 0 atom stereocenters. The van der Waals surface area contributed by atoms with E-state index in [-0.39, 0.29) is 0 Å². The van der Waals surface area contributed by atoms with Crippen molar-refractivity contribution in [1.82, 2.24) is 15.0 Å². The second kappa shape index (κ2) is 5.45. The van der Waals surface area contributed by atoms with Gasteiger partial charge in [-0.2, -0.15) is 0 Å². The lowest BCUT2D eigenvalue weighted by molar-refractivity contribution is 1.27. The van der Waals surface area contributed by atoms with Crippen LogP contribution in [0.25, 0.3) is 22.4 Å². The largest absolute Gasteiger partial charge is 0.338 e. The van der Waals surface area contributed by atoms with E-state index >= 15 is 0 Å². The molecule has 0 saturated carbocycles. The number of fused-ring (bicyclic) bond motifs is 1. The molecule has 18 heavy (non-hydrogen) atoms. The number of aromatic amines is 1. The van der Waals surface area contributed by atoms with Crippen molar-refractivity contribution >= 4 is 11.0 Å². The van der Waals surface area contributed by atoms with Crippen LogP contribution in [0.15, 0.2) is 42.7 Å². The highest BCUT2D eigenvalue weighted by Crippen LogP contribution is 2.21. The number of nitrogens with one attached hydrogen (secondary N) is 1. The fourth-order valence-corrected chi connectivity index (χ4v) is 1.82. The smallest absolute Gasteiger partial charge is 0.140 e. The number of aromatic nitrogens is 3. The van der Waals surface area contributed by atoms with Crippen LogP contribution >= 0.6 is 0 Å². The average Bonchev–Trinajstić information content (AvgIpc) is 2.88. The quantitative estimate of drug-likeness (QED) is 0.698. The number of hydrogen-bond donors (Lipinski definition) is 1. The monoisotopic (exact) mass is 239 g/mol. The van der Waals surface area contributed by atoms with Crippen LogP contribution in [0, 0.1) is 6.92 Å². The maximum atomic E-state index is 4.59. The van der Waals surface area contributed by atoms with Crippen molar-refractivity contribution in [1.29, 1.82) is 0 Å². The maximum Gasteiger partial charge on any atom is 0.140 e. The van der Waals surface area contributed by atoms with Gasteiger partial charge in [0.05, 0.1) is 11.0 Å². The number of benzene rings is 1. The number of H-pyrrole nitrogens is 1. The lowest BCUT2D eigenvalue weighted by atomic mass is 10.2. The van der Waals surface area contributed by atoms with Crippen molar-refractivity contribution in [2.45, 2.75) is 20.8 Å². The normalized spacial score (nSPS) is 9.94. The summed E-state index contributed by atoms with van der Waals surface area (Å²) in [5.41, 5.74) is 4.29. The molecule has 92 valence electrons. The molecule has 0 fully saturated rings. The van der Waals surface area contributed by atoms with Gasteiger partial charge in [0.2, 0.25) is 0 Å². The number of para-hydroxylation sites is 1. The fraction of sp³-hybridized carbons (Fsp3) is 0.200. The summed E-state index contributed by atoms with van der Waals surface area (Å²) in [4.78, 5) is 12.0. The zero-order valence-electron chi connectivity index (χ0n) is 10.9. The Labute approximate surface area is 107 Å². The number of aryl methyl sites for hydroxylation is 1. The van der Waals surface area contributed by atoms with Crippen LogP contribution in [-0.4, -0.2) is 15.0 Å². The Morgan fingerprint density at radius 3 is 2.56 bits per heavy atom. The third-order valence-electron chi connectivity index (χ3n) is 2.65. The molecule has 3 rings (SSSR count). The molecular formula is C15H17N3. The van der Waals surface area contributed by atoms with Crippen LogP contribution < -0.4 is 0 Å². The molecule has 0 aliphatic carbocycles. The highest BCUT2D eigenvalue weighted by Gasteiger charge is 2.05. The average molecular weight is 239 g/mol. The van der Waals surface area contributed by atoms with E-state index < -0.39 is 0 Å². The molecule has 1 aromatic carbocycles. The van der Waals surface area contributed by atoms with Crippen LogP contribution in [0.1, 0.15) is 19.4 Å². The maximum absolute atomic E-state index is 4.59. The molecule has 3 nitrogen and oxygen atoms in total. The summed E-state index contributed by atoms with van der Waals surface area (Å²) >= 11 is 0. The van der Waals surface area contributed by atoms with Gasteiger partial charge in [-0.25, -0.2) is 4.98 Å². The lowest BCUT2D eigenvalue weighted by Crippen LogP contribution is -1.80. The summed E-state index contributed by atoms with van der Waals surface area (Å²) in [6, 6.07) is 10.0. The standard InChI is InChI=1S/C13H11N3.C2H6/c1-9-4-2-6-11-12(9)16-13(15-11)10-5-3-7-14-8-10;1-2/h2-8H,1H3,(H,15,16);1-2H3. The van der Waals surface area contributed by atoms with E-state index in [2.05, 4.69) is 27.9 Å². The Hall–Kier alpha value is -2.16. The topological polar surface area (TPSA) is 41.6 Å². The second-order valence-corrected chi connectivity index (χ2v) is 3.80. The minimum absolute atomic E-state index is 0.873. The van der Waals surface area contributed by atoms with E-state index in [9.17, 15) is 0 Å². The van der Waals surface area contributed by atoms with Gasteiger partial charge in [0.1, 0.15) is 5.82 Å². The third kappa shape index (κ3) is 2.25. The zero-order valence-corrected chi connectivity index (χ0v) is 10.9. The van der Waals surface area contributed by atoms with Crippen molar-refractivity contribution in [3.63, 3.8) is 0 Å². The highest BCUT2D eigenvalue weighted by molar-refractivity contribution is 5.82. The molecule has 3 heteroatoms. The first-order valence-corrected chi connectivity index (χ1v) is 6.20. The van der Waals surface area contributed by atoms with E-state index in [0.717, 1.165) is 22.4 Å². The Kier molecular flexibility index (Phi) is 3.72. The molecular weight excluding hydrogens is 222 g/mol. The van der Waals surface area contributed by atoms with Gasteiger partial charge in [0.25, 0.3) is 0 Å². The molecule has 0 saturated heterocycles. The van der Waals surface area contributed by atoms with Gasteiger partial charge in [-0.1, -0.05) is 26.0 Å². The van der Waals surface area contributed by atoms with Crippen LogP contribution in [-0.2, 0) is 0 Å². The summed E-state index contributed by atoms with van der Waals surface area (Å²) in [6.45, 7) is 6.07. The number of hydrogen-bond acceptors (Lipinski definition) is 2. The molecule has 0 aliphatic heterocycles. The number of rotatable bonds is 1. The number of pyridine rings is 1. The van der Waals surface area contributed by atoms with Crippen LogP contribution in [0.5, 0.6) is 0 Å². The van der Waals surface area contributed by atoms with E-state index in [1.165, 1.54) is 5.56 Å². The second-order valence-electron chi connectivity index (χ2n) is 3.80. The summed E-state index contributed by atoms with van der Waals surface area (Å²) < 4.78 is 0. The van der Waals surface area contributed by atoms with Gasteiger partial charge in [-0.05, 0) is 30.7 Å². The van der Waals surface area contributed by atoms with E-state index in [1.807, 2.05) is 44.3 Å². The summed E-state index contributed by atoms with van der Waals surface area (Å²) in [5.74, 6) is 0.873. The molecule has 0 aliphatic rings. The highest BCUT2D eigenvalue weighted by atomic mass is 14.9. The Morgan fingerprint density at radius 1 is 1.06 bits per heavy atom. The van der Waals surface area contributed by atoms with Crippen LogP contribution in [0.2, 0.25) is 0 Å². The molecule has 0 amide bonds. The molecule has 1 N–H and O–H groups in total. The molecule has 0 bridgehead atoms. The third-order valence-corrected chi connectivity index (χ3v) is 2.65. The van der Waals surface area contributed by atoms with Gasteiger partial charge in [0.15, 0.2) is 0 Å². The predicted molar refractivity (Wildman–Crippen MR) is 75.4 cm³/mol. The first kappa shape index (κ1) is 12.3. The van der Waals surface area contributed by atoms with Gasteiger partial charge < -0.3 is 4.98 Å². The Bertz CT molecular complexity index is 627. The van der Waals surface area contributed by atoms with Crippen molar-refractivity contribution in [2.24, 2.45) is 0 Å². The van der Waals surface area contributed by atoms with Crippen LogP contribution in [0.3, 0.4) is 0 Å². The van der Waals surface area contributed by atoms with Gasteiger partial charge in [-0.15, -0.1) is 0 Å². The van der Waals surface area contributed by atoms with E-state index in [4.69, 9.17) is 0 Å². The van der Waals surface area contributed by atoms with Crippen molar-refractivity contribution in [2.75, 3.05) is 0 Å². The van der Waals surface area contributed by atoms with Gasteiger partial charge >= 0.3 is 0 Å². The van der Waals surface area contributed by atoms with E-state index in [0.29, 0.717) is 0 Å². The molecule has 0 radical (unpaired) electrons. The summed E-state index contributed by atoms with van der Waals surface area (Å²) in [6.07, 6.45) is 3.57. The van der Waals surface area contributed by atoms with Gasteiger partial charge in [-0.3, -0.25) is 4.98 Å². The lowest BCUT2D eigenvalue weighted by Gasteiger charge is -1.92. The SMILES string of the molecule is CC.Cc1cccc2[nH]c(-c3cccnc3)nc12. The fourth-order valence-electron chi connectivity index (χ4n) is 1.82. The van der Waals surface area contributed by atoms with Crippen LogP contribution in [0.4, 0.5) is 0 Å². The zero-order chi connectivity index (χ0) is 13.0. The number of imidazole rings is 1. The molecule has 3 aromatic rings. The first-order valence-electron chi connectivity index (χ1n) is 6.20. The minimum atomic E-state index is 0.873. The first-order chi connectivity index (χ1) is 8.84. The van der Waals surface area contributed by atoms with Crippen molar-refractivity contribution in [3.05, 3.63) is 48.3 Å². The van der Waals surface area contributed by atoms with Gasteiger partial charge in [0, 0.05) is 18.0 Å². The number of nitrogens with zero attached hydrogens (tertiary/aromatic N) is 2. The van der Waals surface area contributed by atoms with E-state index in [1.54, 1.807) is 6.20 Å². The predicted octanol–water partition coefficient (Wildman–Crippen LogP) is 3.96. The Morgan fingerprint density at radius 2 is 1.89 bits per heavy atom.